The molecule has 1 heterocycles. The first-order valence-corrected chi connectivity index (χ1v) is 12.7. The van der Waals surface area contributed by atoms with E-state index in [0.717, 1.165) is 59.0 Å². The van der Waals surface area contributed by atoms with Crippen molar-refractivity contribution in [1.82, 2.24) is 5.32 Å². The Labute approximate surface area is 209 Å². The van der Waals surface area contributed by atoms with Crippen LogP contribution in [0.3, 0.4) is 0 Å². The molecule has 176 valence electrons. The van der Waals surface area contributed by atoms with Crippen molar-refractivity contribution in [2.75, 3.05) is 0 Å². The van der Waals surface area contributed by atoms with Gasteiger partial charge in [-0.05, 0) is 60.2 Å². The molecule has 0 amide bonds. The van der Waals surface area contributed by atoms with E-state index in [1.165, 1.54) is 0 Å². The van der Waals surface area contributed by atoms with Crippen LogP contribution in [0.1, 0.15) is 55.6 Å². The first kappa shape index (κ1) is 22.1. The molecule has 3 aromatic rings. The smallest absolute Gasteiger partial charge is 0.161 e. The molecule has 0 saturated heterocycles. The Morgan fingerprint density at radius 2 is 1.51 bits per heavy atom. The number of rotatable bonds is 4. The van der Waals surface area contributed by atoms with Crippen LogP contribution < -0.4 is 10.1 Å². The van der Waals surface area contributed by atoms with Crippen LogP contribution in [-0.4, -0.2) is 11.6 Å². The van der Waals surface area contributed by atoms with Crippen LogP contribution in [0.2, 0.25) is 5.02 Å². The van der Waals surface area contributed by atoms with Gasteiger partial charge in [0.1, 0.15) is 12.4 Å². The lowest BCUT2D eigenvalue weighted by atomic mass is 9.71. The van der Waals surface area contributed by atoms with Gasteiger partial charge in [0.25, 0.3) is 0 Å². The third-order valence-electron chi connectivity index (χ3n) is 7.34. The minimum absolute atomic E-state index is 0.105. The molecular weight excluding hydrogens is 458 g/mol. The van der Waals surface area contributed by atoms with Crippen molar-refractivity contribution in [2.24, 2.45) is 0 Å². The first-order valence-electron chi connectivity index (χ1n) is 12.3. The summed E-state index contributed by atoms with van der Waals surface area (Å²) in [6, 6.07) is 20.0. The van der Waals surface area contributed by atoms with E-state index in [-0.39, 0.29) is 11.6 Å². The molecule has 1 N–H and O–H groups in total. The summed E-state index contributed by atoms with van der Waals surface area (Å²) in [6.07, 6.45) is 4.29. The molecule has 5 heteroatoms. The van der Waals surface area contributed by atoms with Crippen molar-refractivity contribution in [1.29, 1.82) is 0 Å². The normalized spacial score (nSPS) is 18.4. The van der Waals surface area contributed by atoms with Crippen LogP contribution in [0.15, 0.2) is 83.2 Å². The summed E-state index contributed by atoms with van der Waals surface area (Å²) in [5.41, 5.74) is 5.21. The Morgan fingerprint density at radius 1 is 0.829 bits per heavy atom. The molecule has 0 unspecified atom stereocenters. The molecule has 3 aromatic carbocycles. The fourth-order valence-corrected chi connectivity index (χ4v) is 5.93. The number of fused-ring (bicyclic) bond motifs is 1. The van der Waals surface area contributed by atoms with E-state index in [2.05, 4.69) is 29.6 Å². The monoisotopic (exact) mass is 483 g/mol. The van der Waals surface area contributed by atoms with Gasteiger partial charge < -0.3 is 10.1 Å². The average molecular weight is 484 g/mol. The number of hydrogen-bond acceptors (Lipinski definition) is 4. The molecular formula is C30H26ClNO3. The second kappa shape index (κ2) is 9.01. The number of halogens is 1. The third kappa shape index (κ3) is 3.96. The van der Waals surface area contributed by atoms with Crippen molar-refractivity contribution in [3.63, 3.8) is 0 Å². The van der Waals surface area contributed by atoms with Gasteiger partial charge >= 0.3 is 0 Å². The van der Waals surface area contributed by atoms with E-state index in [0.29, 0.717) is 41.4 Å². The Bertz CT molecular complexity index is 1390. The van der Waals surface area contributed by atoms with E-state index in [4.69, 9.17) is 16.3 Å². The van der Waals surface area contributed by atoms with Gasteiger partial charge in [-0.25, -0.2) is 0 Å². The molecule has 3 aliphatic rings. The largest absolute Gasteiger partial charge is 0.489 e. The minimum Gasteiger partial charge on any atom is -0.489 e. The highest BCUT2D eigenvalue weighted by atomic mass is 35.5. The highest BCUT2D eigenvalue weighted by molar-refractivity contribution is 6.30. The predicted octanol–water partition coefficient (Wildman–Crippen LogP) is 6.77. The van der Waals surface area contributed by atoms with Gasteiger partial charge in [0.2, 0.25) is 0 Å². The van der Waals surface area contributed by atoms with E-state index in [1.807, 2.05) is 30.3 Å². The van der Waals surface area contributed by atoms with E-state index < -0.39 is 5.92 Å². The average Bonchev–Trinajstić information content (AvgIpc) is 2.87. The number of ketones is 2. The topological polar surface area (TPSA) is 55.4 Å². The summed E-state index contributed by atoms with van der Waals surface area (Å²) in [5.74, 6) is 0.426. The number of benzene rings is 3. The van der Waals surface area contributed by atoms with E-state index in [1.54, 1.807) is 6.07 Å². The highest BCUT2D eigenvalue weighted by Crippen LogP contribution is 2.48. The van der Waals surface area contributed by atoms with Gasteiger partial charge in [0, 0.05) is 51.9 Å². The zero-order chi connectivity index (χ0) is 23.9. The van der Waals surface area contributed by atoms with Gasteiger partial charge in [-0.3, -0.25) is 9.59 Å². The van der Waals surface area contributed by atoms with E-state index in [9.17, 15) is 9.59 Å². The predicted molar refractivity (Wildman–Crippen MR) is 137 cm³/mol. The fourth-order valence-electron chi connectivity index (χ4n) is 5.74. The zero-order valence-electron chi connectivity index (χ0n) is 19.4. The van der Waals surface area contributed by atoms with Gasteiger partial charge in [0.15, 0.2) is 11.6 Å². The molecule has 0 bridgehead atoms. The lowest BCUT2D eigenvalue weighted by Crippen LogP contribution is -2.36. The summed E-state index contributed by atoms with van der Waals surface area (Å²) in [5, 5.41) is 6.34. The summed E-state index contributed by atoms with van der Waals surface area (Å²) < 4.78 is 6.42. The van der Waals surface area contributed by atoms with Gasteiger partial charge in [-0.1, -0.05) is 54.1 Å². The number of dihydropyridines is 1. The van der Waals surface area contributed by atoms with Crippen LogP contribution in [0.25, 0.3) is 10.8 Å². The van der Waals surface area contributed by atoms with Crippen LogP contribution >= 0.6 is 11.6 Å². The van der Waals surface area contributed by atoms with Crippen LogP contribution in [0, 0.1) is 0 Å². The summed E-state index contributed by atoms with van der Waals surface area (Å²) in [6.45, 7) is 0.376. The maximum absolute atomic E-state index is 13.2. The first-order chi connectivity index (χ1) is 17.1. The molecule has 0 aromatic heterocycles. The van der Waals surface area contributed by atoms with Crippen molar-refractivity contribution < 1.29 is 14.3 Å². The maximum atomic E-state index is 13.2. The summed E-state index contributed by atoms with van der Waals surface area (Å²) >= 11 is 6.48. The molecule has 35 heavy (non-hydrogen) atoms. The van der Waals surface area contributed by atoms with Gasteiger partial charge in [-0.2, -0.15) is 0 Å². The second-order valence-corrected chi connectivity index (χ2v) is 9.94. The molecule has 0 saturated carbocycles. The molecule has 0 atom stereocenters. The number of allylic oxidation sites excluding steroid dienone is 4. The Kier molecular flexibility index (Phi) is 5.69. The van der Waals surface area contributed by atoms with Gasteiger partial charge in [0.05, 0.1) is 0 Å². The van der Waals surface area contributed by atoms with Crippen molar-refractivity contribution in [3.05, 3.63) is 99.4 Å². The lowest BCUT2D eigenvalue weighted by Gasteiger charge is -2.37. The van der Waals surface area contributed by atoms with Crippen LogP contribution in [0.4, 0.5) is 0 Å². The second-order valence-electron chi connectivity index (χ2n) is 9.51. The molecule has 0 fully saturated rings. The summed E-state index contributed by atoms with van der Waals surface area (Å²) in [7, 11) is 0. The molecule has 6 rings (SSSR count). The number of Topliss-reactive ketones (excluding diaryl/α,β-unsaturated/α-hetero) is 2. The summed E-state index contributed by atoms with van der Waals surface area (Å²) in [4.78, 5) is 26.4. The Balaban J connectivity index is 1.45. The third-order valence-corrected chi connectivity index (χ3v) is 7.57. The Hall–Kier alpha value is -3.37. The highest BCUT2D eigenvalue weighted by Gasteiger charge is 2.41. The molecule has 2 aliphatic carbocycles. The number of hydrogen-bond donors (Lipinski definition) is 1. The quantitative estimate of drug-likeness (QED) is 0.444. The number of nitrogens with one attached hydrogen (secondary N) is 1. The van der Waals surface area contributed by atoms with Crippen molar-refractivity contribution in [2.45, 2.75) is 51.0 Å². The minimum atomic E-state index is -0.442. The SMILES string of the molecule is O=C1CCCC2=C1C(c1cc(Cl)ccc1OCc1cccc3ccccc13)C1=C(CCCC1=O)N2. The number of carbonyl (C=O) groups is 2. The number of ether oxygens (including phenoxy) is 1. The number of carbonyl (C=O) groups excluding carboxylic acids is 2. The zero-order valence-corrected chi connectivity index (χ0v) is 20.2. The van der Waals surface area contributed by atoms with Crippen LogP contribution in [-0.2, 0) is 16.2 Å². The van der Waals surface area contributed by atoms with Crippen molar-refractivity contribution in [3.8, 4) is 5.75 Å². The standard InChI is InChI=1S/C30H26ClNO3/c31-20-14-15-27(35-17-19-8-3-7-18-6-1-2-9-21(18)19)22(16-20)28-29-23(10-4-12-25(29)33)32-24-11-5-13-26(34)30(24)28/h1-3,6-9,14-16,28,32H,4-5,10-13,17H2. The maximum Gasteiger partial charge on any atom is 0.161 e. The Morgan fingerprint density at radius 3 is 2.26 bits per heavy atom. The molecule has 0 spiro atoms. The fraction of sp³-hybridized carbons (Fsp3) is 0.267. The van der Waals surface area contributed by atoms with Crippen LogP contribution in [0.5, 0.6) is 5.75 Å². The van der Waals surface area contributed by atoms with Gasteiger partial charge in [-0.15, -0.1) is 0 Å². The van der Waals surface area contributed by atoms with Crippen molar-refractivity contribution >= 4 is 33.9 Å². The molecule has 1 aliphatic heterocycles. The molecule has 4 nitrogen and oxygen atoms in total. The molecule has 0 radical (unpaired) electrons. The lowest BCUT2D eigenvalue weighted by molar-refractivity contribution is -0.116. The van der Waals surface area contributed by atoms with E-state index >= 15 is 0 Å².